The summed E-state index contributed by atoms with van der Waals surface area (Å²) in [4.78, 5) is 23.3. The number of amides is 2. The van der Waals surface area contributed by atoms with Crippen molar-refractivity contribution in [3.63, 3.8) is 0 Å². The van der Waals surface area contributed by atoms with Crippen molar-refractivity contribution < 1.29 is 9.59 Å². The minimum absolute atomic E-state index is 0.0308. The Morgan fingerprint density at radius 3 is 2.53 bits per heavy atom. The van der Waals surface area contributed by atoms with E-state index in [0.29, 0.717) is 31.0 Å². The molecule has 2 amide bonds. The van der Waals surface area contributed by atoms with Crippen molar-refractivity contribution in [1.29, 1.82) is 0 Å². The molecule has 1 aromatic rings. The summed E-state index contributed by atoms with van der Waals surface area (Å²) in [6, 6.07) is 7.37. The van der Waals surface area contributed by atoms with E-state index in [2.05, 4.69) is 33.2 Å². The van der Waals surface area contributed by atoms with E-state index in [1.165, 1.54) is 0 Å². The summed E-state index contributed by atoms with van der Waals surface area (Å²) >= 11 is 2.12. The third kappa shape index (κ3) is 6.04. The molecule has 104 valence electrons. The molecule has 0 aliphatic carbocycles. The third-order valence-electron chi connectivity index (χ3n) is 2.46. The Labute approximate surface area is 127 Å². The second-order valence-corrected chi connectivity index (χ2v) is 5.85. The molecular formula is C14H19IN2O2. The summed E-state index contributed by atoms with van der Waals surface area (Å²) in [5, 5.41) is 5.57. The topological polar surface area (TPSA) is 58.2 Å². The highest BCUT2D eigenvalue weighted by Gasteiger charge is 2.09. The van der Waals surface area contributed by atoms with Gasteiger partial charge in [-0.25, -0.2) is 0 Å². The minimum atomic E-state index is -0.137. The van der Waals surface area contributed by atoms with Gasteiger partial charge in [-0.3, -0.25) is 9.59 Å². The molecule has 2 N–H and O–H groups in total. The van der Waals surface area contributed by atoms with Crippen LogP contribution in [0.2, 0.25) is 0 Å². The number of hydrogen-bond acceptors (Lipinski definition) is 2. The molecule has 0 saturated heterocycles. The summed E-state index contributed by atoms with van der Waals surface area (Å²) in [7, 11) is 0. The molecule has 0 aliphatic rings. The zero-order chi connectivity index (χ0) is 14.3. The van der Waals surface area contributed by atoms with Gasteiger partial charge in [0.05, 0.1) is 5.56 Å². The molecule has 4 nitrogen and oxygen atoms in total. The van der Waals surface area contributed by atoms with Crippen LogP contribution in [0.5, 0.6) is 0 Å². The molecular weight excluding hydrogens is 355 g/mol. The normalized spacial score (nSPS) is 10.3. The van der Waals surface area contributed by atoms with Gasteiger partial charge in [-0.2, -0.15) is 0 Å². The lowest BCUT2D eigenvalue weighted by Crippen LogP contribution is -2.32. The zero-order valence-corrected chi connectivity index (χ0v) is 13.4. The standard InChI is InChI=1S/C14H19IN2O2/c1-10(2)9-17-13(18)7-8-16-14(19)11-5-3-4-6-12(11)15/h3-6,10H,7-9H2,1-2H3,(H,16,19)(H,17,18). The average molecular weight is 374 g/mol. The Kier molecular flexibility index (Phi) is 6.83. The van der Waals surface area contributed by atoms with Crippen molar-refractivity contribution >= 4 is 34.4 Å². The third-order valence-corrected chi connectivity index (χ3v) is 3.40. The Morgan fingerprint density at radius 2 is 1.89 bits per heavy atom. The maximum absolute atomic E-state index is 11.9. The van der Waals surface area contributed by atoms with Crippen LogP contribution in [-0.2, 0) is 4.79 Å². The Morgan fingerprint density at radius 1 is 1.21 bits per heavy atom. The fourth-order valence-corrected chi connectivity index (χ4v) is 2.07. The highest BCUT2D eigenvalue weighted by molar-refractivity contribution is 14.1. The smallest absolute Gasteiger partial charge is 0.252 e. The number of benzene rings is 1. The molecule has 1 aromatic carbocycles. The van der Waals surface area contributed by atoms with Gasteiger partial charge >= 0.3 is 0 Å². The van der Waals surface area contributed by atoms with E-state index in [-0.39, 0.29) is 11.8 Å². The summed E-state index contributed by atoms with van der Waals surface area (Å²) < 4.78 is 0.904. The van der Waals surface area contributed by atoms with Crippen LogP contribution in [0.1, 0.15) is 30.6 Å². The van der Waals surface area contributed by atoms with Gasteiger partial charge in [0.2, 0.25) is 5.91 Å². The maximum atomic E-state index is 11.9. The first kappa shape index (κ1) is 15.9. The molecule has 19 heavy (non-hydrogen) atoms. The highest BCUT2D eigenvalue weighted by atomic mass is 127. The predicted octanol–water partition coefficient (Wildman–Crippen LogP) is 2.18. The molecule has 0 spiro atoms. The summed E-state index contributed by atoms with van der Waals surface area (Å²) in [6.45, 7) is 5.11. The number of nitrogens with one attached hydrogen (secondary N) is 2. The Bertz CT molecular complexity index is 447. The van der Waals surface area contributed by atoms with Crippen molar-refractivity contribution in [2.24, 2.45) is 5.92 Å². The lowest BCUT2D eigenvalue weighted by atomic mass is 10.2. The first-order chi connectivity index (χ1) is 9.00. The van der Waals surface area contributed by atoms with Crippen LogP contribution in [0.4, 0.5) is 0 Å². The first-order valence-corrected chi connectivity index (χ1v) is 7.38. The molecule has 0 saturated carbocycles. The van der Waals surface area contributed by atoms with Crippen molar-refractivity contribution in [2.45, 2.75) is 20.3 Å². The van der Waals surface area contributed by atoms with Crippen LogP contribution in [-0.4, -0.2) is 24.9 Å². The van der Waals surface area contributed by atoms with E-state index >= 15 is 0 Å². The SMILES string of the molecule is CC(C)CNC(=O)CCNC(=O)c1ccccc1I. The fourth-order valence-electron chi connectivity index (χ4n) is 1.44. The van der Waals surface area contributed by atoms with E-state index in [0.717, 1.165) is 3.57 Å². The van der Waals surface area contributed by atoms with Gasteiger partial charge in [0, 0.05) is 23.1 Å². The number of carbonyl (C=O) groups excluding carboxylic acids is 2. The van der Waals surface area contributed by atoms with E-state index in [4.69, 9.17) is 0 Å². The Hall–Kier alpha value is -1.11. The van der Waals surface area contributed by atoms with Crippen LogP contribution >= 0.6 is 22.6 Å². The molecule has 0 atom stereocenters. The van der Waals surface area contributed by atoms with Crippen LogP contribution in [0.15, 0.2) is 24.3 Å². The Balaban J connectivity index is 2.32. The molecule has 1 rings (SSSR count). The summed E-state index contributed by atoms with van der Waals surface area (Å²) in [6.07, 6.45) is 0.307. The molecule has 0 unspecified atom stereocenters. The van der Waals surface area contributed by atoms with Crippen LogP contribution < -0.4 is 10.6 Å². The van der Waals surface area contributed by atoms with Crippen LogP contribution in [0.25, 0.3) is 0 Å². The fraction of sp³-hybridized carbons (Fsp3) is 0.429. The molecule has 0 bridgehead atoms. The molecule has 0 aromatic heterocycles. The molecule has 0 radical (unpaired) electrons. The number of halogens is 1. The van der Waals surface area contributed by atoms with E-state index < -0.39 is 0 Å². The van der Waals surface area contributed by atoms with Gasteiger partial charge in [0.25, 0.3) is 5.91 Å². The van der Waals surface area contributed by atoms with E-state index in [1.807, 2.05) is 32.0 Å². The number of carbonyl (C=O) groups is 2. The number of rotatable bonds is 6. The van der Waals surface area contributed by atoms with Gasteiger partial charge in [0.1, 0.15) is 0 Å². The number of hydrogen-bond donors (Lipinski definition) is 2. The summed E-state index contributed by atoms with van der Waals surface area (Å²) in [5.41, 5.74) is 0.644. The van der Waals surface area contributed by atoms with Gasteiger partial charge < -0.3 is 10.6 Å². The molecule has 0 heterocycles. The van der Waals surface area contributed by atoms with Crippen LogP contribution in [0.3, 0.4) is 0 Å². The zero-order valence-electron chi connectivity index (χ0n) is 11.2. The molecule has 0 fully saturated rings. The average Bonchev–Trinajstić information content (AvgIpc) is 2.36. The lowest BCUT2D eigenvalue weighted by Gasteiger charge is -2.09. The monoisotopic (exact) mass is 374 g/mol. The quantitative estimate of drug-likeness (QED) is 0.750. The van der Waals surface area contributed by atoms with Crippen molar-refractivity contribution in [1.82, 2.24) is 10.6 Å². The van der Waals surface area contributed by atoms with Crippen molar-refractivity contribution in [3.05, 3.63) is 33.4 Å². The predicted molar refractivity (Wildman–Crippen MR) is 84.0 cm³/mol. The van der Waals surface area contributed by atoms with Crippen LogP contribution in [0, 0.1) is 9.49 Å². The van der Waals surface area contributed by atoms with Gasteiger partial charge in [-0.05, 0) is 40.6 Å². The largest absolute Gasteiger partial charge is 0.356 e. The summed E-state index contributed by atoms with van der Waals surface area (Å²) in [5.74, 6) is 0.267. The van der Waals surface area contributed by atoms with E-state index in [1.54, 1.807) is 6.07 Å². The van der Waals surface area contributed by atoms with E-state index in [9.17, 15) is 9.59 Å². The minimum Gasteiger partial charge on any atom is -0.356 e. The highest BCUT2D eigenvalue weighted by Crippen LogP contribution is 2.10. The second kappa shape index (κ2) is 8.14. The lowest BCUT2D eigenvalue weighted by molar-refractivity contribution is -0.121. The van der Waals surface area contributed by atoms with Gasteiger partial charge in [-0.1, -0.05) is 26.0 Å². The van der Waals surface area contributed by atoms with Crippen molar-refractivity contribution in [3.8, 4) is 0 Å². The maximum Gasteiger partial charge on any atom is 0.252 e. The first-order valence-electron chi connectivity index (χ1n) is 6.30. The second-order valence-electron chi connectivity index (χ2n) is 4.68. The van der Waals surface area contributed by atoms with Crippen molar-refractivity contribution in [2.75, 3.05) is 13.1 Å². The van der Waals surface area contributed by atoms with Gasteiger partial charge in [-0.15, -0.1) is 0 Å². The molecule has 5 heteroatoms. The van der Waals surface area contributed by atoms with Gasteiger partial charge in [0.15, 0.2) is 0 Å². The molecule has 0 aliphatic heterocycles.